The van der Waals surface area contributed by atoms with Crippen molar-refractivity contribution in [1.82, 2.24) is 20.2 Å². The Morgan fingerprint density at radius 3 is 2.68 bits per heavy atom. The van der Waals surface area contributed by atoms with Gasteiger partial charge in [-0.1, -0.05) is 36.4 Å². The van der Waals surface area contributed by atoms with Gasteiger partial charge in [0.15, 0.2) is 0 Å². The number of anilines is 1. The van der Waals surface area contributed by atoms with Crippen molar-refractivity contribution in [3.63, 3.8) is 0 Å². The number of benzene rings is 1. The summed E-state index contributed by atoms with van der Waals surface area (Å²) < 4.78 is 13.2. The summed E-state index contributed by atoms with van der Waals surface area (Å²) >= 11 is 7.93. The predicted molar refractivity (Wildman–Crippen MR) is 132 cm³/mol. The number of halogens is 2. The fourth-order valence-corrected chi connectivity index (χ4v) is 5.04. The highest BCUT2D eigenvalue weighted by Crippen LogP contribution is 2.36. The summed E-state index contributed by atoms with van der Waals surface area (Å²) in [4.78, 5) is 36.2. The van der Waals surface area contributed by atoms with Crippen LogP contribution < -0.4 is 10.6 Å². The monoisotopic (exact) mass is 499 g/mol. The molecule has 2 N–H and O–H groups in total. The van der Waals surface area contributed by atoms with Gasteiger partial charge in [0.2, 0.25) is 5.95 Å². The number of hydrogen-bond donors (Lipinski definition) is 2. The molecule has 1 fully saturated rings. The molecular formula is C24H23ClFN5O2S. The molecule has 10 heteroatoms. The number of aromatic nitrogens is 2. The first-order valence-corrected chi connectivity index (χ1v) is 11.8. The molecule has 34 heavy (non-hydrogen) atoms. The molecule has 0 saturated carbocycles. The van der Waals surface area contributed by atoms with Crippen molar-refractivity contribution in [1.29, 1.82) is 0 Å². The zero-order valence-corrected chi connectivity index (χ0v) is 20.3. The van der Waals surface area contributed by atoms with Crippen LogP contribution in [0.25, 0.3) is 16.6 Å². The lowest BCUT2D eigenvalue weighted by Gasteiger charge is -2.16. The molecule has 3 heterocycles. The lowest BCUT2D eigenvalue weighted by atomic mass is 10.1. The summed E-state index contributed by atoms with van der Waals surface area (Å²) in [7, 11) is 0. The minimum atomic E-state index is -0.908. The molecule has 2 aromatic heterocycles. The second kappa shape index (κ2) is 9.52. The number of nitrogens with one attached hydrogen (secondary N) is 2. The first-order chi connectivity index (χ1) is 16.2. The summed E-state index contributed by atoms with van der Waals surface area (Å²) in [5.41, 5.74) is 1.59. The molecule has 0 atom stereocenters. The standard InChI is InChI=1S/C24H23ClFN5O2S/c1-4-15-12-19(34-18(15)11-14-5-7-16(26)8-6-14)20-17(25)13-28-22(29-20)27-9-10-31-21(32)24(2,3)30-23(31)33/h4-8,12-13H,1,9-11H2,2-3H3,(H,30,33)(H,27,28,29). The van der Waals surface area contributed by atoms with Gasteiger partial charge in [0.05, 0.1) is 16.1 Å². The van der Waals surface area contributed by atoms with Gasteiger partial charge in [-0.05, 0) is 43.2 Å². The van der Waals surface area contributed by atoms with Crippen molar-refractivity contribution < 1.29 is 14.0 Å². The smallest absolute Gasteiger partial charge is 0.325 e. The quantitative estimate of drug-likeness (QED) is 0.427. The van der Waals surface area contributed by atoms with Crippen LogP contribution in [0.15, 0.2) is 43.1 Å². The topological polar surface area (TPSA) is 87.2 Å². The molecule has 176 valence electrons. The second-order valence-corrected chi connectivity index (χ2v) is 9.87. The van der Waals surface area contributed by atoms with E-state index in [0.29, 0.717) is 23.1 Å². The number of thiophene rings is 1. The van der Waals surface area contributed by atoms with Gasteiger partial charge in [-0.25, -0.2) is 19.2 Å². The summed E-state index contributed by atoms with van der Waals surface area (Å²) in [5.74, 6) is -0.216. The van der Waals surface area contributed by atoms with Crippen LogP contribution in [0.4, 0.5) is 15.1 Å². The van der Waals surface area contributed by atoms with Crippen molar-refractivity contribution in [3.8, 4) is 10.6 Å². The number of carbonyl (C=O) groups is 2. The Kier molecular flexibility index (Phi) is 6.67. The van der Waals surface area contributed by atoms with Crippen molar-refractivity contribution in [3.05, 3.63) is 70.0 Å². The number of rotatable bonds is 8. The van der Waals surface area contributed by atoms with Crippen LogP contribution >= 0.6 is 22.9 Å². The normalized spacial score (nSPS) is 14.9. The SMILES string of the molecule is C=Cc1cc(-c2nc(NCCN3C(=O)NC(C)(C)C3=O)ncc2Cl)sc1Cc1ccc(F)cc1. The Morgan fingerprint density at radius 1 is 1.29 bits per heavy atom. The van der Waals surface area contributed by atoms with Crippen LogP contribution in [0.1, 0.15) is 29.9 Å². The summed E-state index contributed by atoms with van der Waals surface area (Å²) in [5, 5.41) is 6.10. The molecule has 0 radical (unpaired) electrons. The predicted octanol–water partition coefficient (Wildman–Crippen LogP) is 4.97. The molecule has 4 rings (SSSR count). The van der Waals surface area contributed by atoms with Gasteiger partial charge in [-0.2, -0.15) is 0 Å². The van der Waals surface area contributed by atoms with Crippen LogP contribution in [0.5, 0.6) is 0 Å². The molecule has 1 saturated heterocycles. The minimum absolute atomic E-state index is 0.177. The molecule has 3 aromatic rings. The van der Waals surface area contributed by atoms with Crippen LogP contribution in [0, 0.1) is 5.82 Å². The lowest BCUT2D eigenvalue weighted by Crippen LogP contribution is -2.40. The van der Waals surface area contributed by atoms with Gasteiger partial charge < -0.3 is 10.6 Å². The molecule has 7 nitrogen and oxygen atoms in total. The average molecular weight is 500 g/mol. The lowest BCUT2D eigenvalue weighted by molar-refractivity contribution is -0.130. The zero-order chi connectivity index (χ0) is 24.5. The highest BCUT2D eigenvalue weighted by Gasteiger charge is 2.43. The third-order valence-corrected chi connectivity index (χ3v) is 6.81. The van der Waals surface area contributed by atoms with Gasteiger partial charge in [0.1, 0.15) is 17.1 Å². The number of hydrogen-bond acceptors (Lipinski definition) is 6. The van der Waals surface area contributed by atoms with E-state index in [1.807, 2.05) is 6.07 Å². The Hall–Kier alpha value is -3.30. The largest absolute Gasteiger partial charge is 0.352 e. The number of carbonyl (C=O) groups excluding carboxylic acids is 2. The van der Waals surface area contributed by atoms with Crippen LogP contribution in [0.2, 0.25) is 5.02 Å². The molecule has 3 amide bonds. The first-order valence-electron chi connectivity index (χ1n) is 10.6. The van der Waals surface area contributed by atoms with E-state index in [2.05, 4.69) is 27.2 Å². The van der Waals surface area contributed by atoms with Gasteiger partial charge in [0.25, 0.3) is 5.91 Å². The molecule has 0 bridgehead atoms. The maximum Gasteiger partial charge on any atom is 0.325 e. The minimum Gasteiger partial charge on any atom is -0.352 e. The van der Waals surface area contributed by atoms with Gasteiger partial charge in [0, 0.05) is 24.4 Å². The Labute approximate surface area is 205 Å². The number of urea groups is 1. The fourth-order valence-electron chi connectivity index (χ4n) is 3.58. The van der Waals surface area contributed by atoms with Gasteiger partial charge >= 0.3 is 6.03 Å². The Bertz CT molecular complexity index is 1260. The Balaban J connectivity index is 1.49. The molecule has 1 aliphatic heterocycles. The van der Waals surface area contributed by atoms with Crippen LogP contribution in [-0.4, -0.2) is 45.4 Å². The third-order valence-electron chi connectivity index (χ3n) is 5.38. The molecule has 0 aliphatic carbocycles. The van der Waals surface area contributed by atoms with Gasteiger partial charge in [-0.3, -0.25) is 9.69 Å². The maximum atomic E-state index is 13.2. The summed E-state index contributed by atoms with van der Waals surface area (Å²) in [6, 6.07) is 7.94. The molecular weight excluding hydrogens is 477 g/mol. The first kappa shape index (κ1) is 23.8. The van der Waals surface area contributed by atoms with E-state index in [0.717, 1.165) is 20.9 Å². The molecule has 1 aromatic carbocycles. The maximum absolute atomic E-state index is 13.2. The fraction of sp³-hybridized carbons (Fsp3) is 0.250. The van der Waals surface area contributed by atoms with Crippen LogP contribution in [0.3, 0.4) is 0 Å². The average Bonchev–Trinajstić information content (AvgIpc) is 3.28. The van der Waals surface area contributed by atoms with E-state index in [1.165, 1.54) is 34.6 Å². The van der Waals surface area contributed by atoms with Crippen molar-refractivity contribution in [2.24, 2.45) is 0 Å². The van der Waals surface area contributed by atoms with Crippen LogP contribution in [-0.2, 0) is 11.2 Å². The third kappa shape index (κ3) is 4.95. The van der Waals surface area contributed by atoms with Gasteiger partial charge in [-0.15, -0.1) is 11.3 Å². The van der Waals surface area contributed by atoms with E-state index < -0.39 is 11.6 Å². The molecule has 0 spiro atoms. The number of amides is 3. The Morgan fingerprint density at radius 2 is 2.03 bits per heavy atom. The van der Waals surface area contributed by atoms with Crippen molar-refractivity contribution in [2.75, 3.05) is 18.4 Å². The van der Waals surface area contributed by atoms with E-state index >= 15 is 0 Å². The highest BCUT2D eigenvalue weighted by atomic mass is 35.5. The van der Waals surface area contributed by atoms with E-state index in [-0.39, 0.29) is 24.8 Å². The highest BCUT2D eigenvalue weighted by molar-refractivity contribution is 7.15. The van der Waals surface area contributed by atoms with Crippen molar-refractivity contribution in [2.45, 2.75) is 25.8 Å². The summed E-state index contributed by atoms with van der Waals surface area (Å²) in [6.07, 6.45) is 3.91. The molecule has 0 unspecified atom stereocenters. The summed E-state index contributed by atoms with van der Waals surface area (Å²) in [6.45, 7) is 7.69. The van der Waals surface area contributed by atoms with E-state index in [9.17, 15) is 14.0 Å². The van der Waals surface area contributed by atoms with Crippen molar-refractivity contribution >= 4 is 46.9 Å². The number of nitrogens with zero attached hydrogens (tertiary/aromatic N) is 3. The zero-order valence-electron chi connectivity index (χ0n) is 18.7. The van der Waals surface area contributed by atoms with E-state index in [4.69, 9.17) is 11.6 Å². The second-order valence-electron chi connectivity index (χ2n) is 8.33. The number of imide groups is 1. The van der Waals surface area contributed by atoms with E-state index in [1.54, 1.807) is 32.1 Å². The molecule has 1 aliphatic rings.